The maximum Gasteiger partial charge on any atom is 0.319 e. The zero-order chi connectivity index (χ0) is 14.5. The van der Waals surface area contributed by atoms with Gasteiger partial charge in [-0.15, -0.1) is 0 Å². The third-order valence-corrected chi connectivity index (χ3v) is 3.87. The molecule has 0 atom stereocenters. The van der Waals surface area contributed by atoms with E-state index < -0.39 is 0 Å². The van der Waals surface area contributed by atoms with Crippen LogP contribution in [-0.4, -0.2) is 23.3 Å². The van der Waals surface area contributed by atoms with E-state index in [4.69, 9.17) is 0 Å². The number of aliphatic hydroxyl groups is 1. The summed E-state index contributed by atoms with van der Waals surface area (Å²) in [5.41, 5.74) is 2.07. The SMILES string of the molecule is CC(C)c1ccc(NC(=O)NC2CCC(O)CC2)cc1. The van der Waals surface area contributed by atoms with Gasteiger partial charge in [-0.2, -0.15) is 0 Å². The topological polar surface area (TPSA) is 61.4 Å². The van der Waals surface area contributed by atoms with E-state index in [1.165, 1.54) is 5.56 Å². The maximum absolute atomic E-state index is 11.9. The predicted molar refractivity (Wildman–Crippen MR) is 80.9 cm³/mol. The number of hydrogen-bond acceptors (Lipinski definition) is 2. The fraction of sp³-hybridized carbons (Fsp3) is 0.562. The Kier molecular flexibility index (Phi) is 5.01. The Bertz CT molecular complexity index is 434. The minimum atomic E-state index is -0.195. The first-order chi connectivity index (χ1) is 9.54. The Morgan fingerprint density at radius 2 is 1.75 bits per heavy atom. The van der Waals surface area contributed by atoms with Crippen LogP contribution in [0.1, 0.15) is 51.0 Å². The van der Waals surface area contributed by atoms with E-state index in [2.05, 4.69) is 24.5 Å². The summed E-state index contributed by atoms with van der Waals surface area (Å²) < 4.78 is 0. The number of anilines is 1. The highest BCUT2D eigenvalue weighted by atomic mass is 16.3. The number of aliphatic hydroxyl groups excluding tert-OH is 1. The number of carbonyl (C=O) groups is 1. The van der Waals surface area contributed by atoms with Crippen molar-refractivity contribution in [2.24, 2.45) is 0 Å². The fourth-order valence-corrected chi connectivity index (χ4v) is 2.52. The van der Waals surface area contributed by atoms with Gasteiger partial charge in [-0.05, 0) is 49.3 Å². The number of nitrogens with one attached hydrogen (secondary N) is 2. The molecular formula is C16H24N2O2. The molecule has 1 saturated carbocycles. The lowest BCUT2D eigenvalue weighted by molar-refractivity contribution is 0.118. The highest BCUT2D eigenvalue weighted by molar-refractivity contribution is 5.89. The van der Waals surface area contributed by atoms with Crippen molar-refractivity contribution < 1.29 is 9.90 Å². The predicted octanol–water partition coefficient (Wildman–Crippen LogP) is 3.24. The average molecular weight is 276 g/mol. The van der Waals surface area contributed by atoms with Gasteiger partial charge < -0.3 is 15.7 Å². The minimum absolute atomic E-state index is 0.163. The van der Waals surface area contributed by atoms with Crippen LogP contribution in [0.5, 0.6) is 0 Å². The molecule has 0 unspecified atom stereocenters. The summed E-state index contributed by atoms with van der Waals surface area (Å²) in [6.07, 6.45) is 3.05. The molecule has 0 heterocycles. The first-order valence-corrected chi connectivity index (χ1v) is 7.40. The summed E-state index contributed by atoms with van der Waals surface area (Å²) in [6, 6.07) is 7.95. The normalized spacial score (nSPS) is 22.6. The first-order valence-electron chi connectivity index (χ1n) is 7.40. The average Bonchev–Trinajstić information content (AvgIpc) is 2.42. The lowest BCUT2D eigenvalue weighted by Gasteiger charge is -2.26. The molecule has 0 saturated heterocycles. The van der Waals surface area contributed by atoms with Crippen molar-refractivity contribution in [2.45, 2.75) is 57.6 Å². The standard InChI is InChI=1S/C16H24N2O2/c1-11(2)12-3-5-13(6-4-12)17-16(20)18-14-7-9-15(19)10-8-14/h3-6,11,14-15,19H,7-10H2,1-2H3,(H2,17,18,20). The number of amides is 2. The second-order valence-electron chi connectivity index (χ2n) is 5.88. The van der Waals surface area contributed by atoms with Crippen LogP contribution >= 0.6 is 0 Å². The van der Waals surface area contributed by atoms with Gasteiger partial charge in [-0.1, -0.05) is 26.0 Å². The Balaban J connectivity index is 1.82. The monoisotopic (exact) mass is 276 g/mol. The molecular weight excluding hydrogens is 252 g/mol. The number of urea groups is 1. The molecule has 0 aromatic heterocycles. The summed E-state index contributed by atoms with van der Waals surface area (Å²) in [5, 5.41) is 15.3. The molecule has 1 aliphatic carbocycles. The van der Waals surface area contributed by atoms with Gasteiger partial charge in [-0.3, -0.25) is 0 Å². The Morgan fingerprint density at radius 3 is 2.30 bits per heavy atom. The van der Waals surface area contributed by atoms with Crippen LogP contribution in [0.3, 0.4) is 0 Å². The second kappa shape index (κ2) is 6.75. The molecule has 4 nitrogen and oxygen atoms in total. The van der Waals surface area contributed by atoms with E-state index >= 15 is 0 Å². The summed E-state index contributed by atoms with van der Waals surface area (Å²) >= 11 is 0. The van der Waals surface area contributed by atoms with Gasteiger partial charge in [0.25, 0.3) is 0 Å². The van der Waals surface area contributed by atoms with E-state index in [0.29, 0.717) is 5.92 Å². The van der Waals surface area contributed by atoms with Crippen molar-refractivity contribution in [3.8, 4) is 0 Å². The number of rotatable bonds is 3. The molecule has 1 fully saturated rings. The van der Waals surface area contributed by atoms with E-state index in [-0.39, 0.29) is 18.2 Å². The lowest BCUT2D eigenvalue weighted by atomic mass is 9.93. The number of benzene rings is 1. The molecule has 4 heteroatoms. The van der Waals surface area contributed by atoms with Crippen molar-refractivity contribution in [3.05, 3.63) is 29.8 Å². The zero-order valence-electron chi connectivity index (χ0n) is 12.2. The molecule has 0 bridgehead atoms. The maximum atomic E-state index is 11.9. The van der Waals surface area contributed by atoms with Crippen LogP contribution in [0.25, 0.3) is 0 Å². The lowest BCUT2D eigenvalue weighted by Crippen LogP contribution is -2.40. The summed E-state index contributed by atoms with van der Waals surface area (Å²) in [5.74, 6) is 0.492. The highest BCUT2D eigenvalue weighted by Crippen LogP contribution is 2.19. The van der Waals surface area contributed by atoms with Crippen LogP contribution in [0, 0.1) is 0 Å². The van der Waals surface area contributed by atoms with Crippen molar-refractivity contribution in [1.29, 1.82) is 0 Å². The van der Waals surface area contributed by atoms with Crippen LogP contribution < -0.4 is 10.6 Å². The van der Waals surface area contributed by atoms with E-state index in [1.54, 1.807) is 0 Å². The Morgan fingerprint density at radius 1 is 1.15 bits per heavy atom. The van der Waals surface area contributed by atoms with E-state index in [0.717, 1.165) is 31.4 Å². The number of hydrogen-bond donors (Lipinski definition) is 3. The van der Waals surface area contributed by atoms with Crippen LogP contribution in [0.4, 0.5) is 10.5 Å². The Hall–Kier alpha value is -1.55. The van der Waals surface area contributed by atoms with Gasteiger partial charge in [0.2, 0.25) is 0 Å². The van der Waals surface area contributed by atoms with Crippen molar-refractivity contribution in [2.75, 3.05) is 5.32 Å². The van der Waals surface area contributed by atoms with Gasteiger partial charge in [-0.25, -0.2) is 4.79 Å². The molecule has 1 aromatic carbocycles. The van der Waals surface area contributed by atoms with Gasteiger partial charge >= 0.3 is 6.03 Å². The first kappa shape index (κ1) is 14.9. The van der Waals surface area contributed by atoms with E-state index in [9.17, 15) is 9.90 Å². The third-order valence-electron chi connectivity index (χ3n) is 3.87. The highest BCUT2D eigenvalue weighted by Gasteiger charge is 2.20. The molecule has 3 N–H and O–H groups in total. The van der Waals surface area contributed by atoms with Gasteiger partial charge in [0.15, 0.2) is 0 Å². The molecule has 20 heavy (non-hydrogen) atoms. The van der Waals surface area contributed by atoms with Crippen molar-refractivity contribution in [1.82, 2.24) is 5.32 Å². The largest absolute Gasteiger partial charge is 0.393 e. The summed E-state index contributed by atoms with van der Waals surface area (Å²) in [6.45, 7) is 4.29. The van der Waals surface area contributed by atoms with Crippen molar-refractivity contribution >= 4 is 11.7 Å². The smallest absolute Gasteiger partial charge is 0.319 e. The third kappa shape index (κ3) is 4.23. The summed E-state index contributed by atoms with van der Waals surface area (Å²) in [4.78, 5) is 11.9. The van der Waals surface area contributed by atoms with Gasteiger partial charge in [0.1, 0.15) is 0 Å². The van der Waals surface area contributed by atoms with Crippen LogP contribution in [0.15, 0.2) is 24.3 Å². The second-order valence-corrected chi connectivity index (χ2v) is 5.88. The molecule has 1 aliphatic rings. The quantitative estimate of drug-likeness (QED) is 0.793. The van der Waals surface area contributed by atoms with Crippen LogP contribution in [-0.2, 0) is 0 Å². The van der Waals surface area contributed by atoms with Gasteiger partial charge in [0.05, 0.1) is 6.10 Å². The minimum Gasteiger partial charge on any atom is -0.393 e. The molecule has 0 spiro atoms. The Labute approximate surface area is 120 Å². The molecule has 0 aliphatic heterocycles. The van der Waals surface area contributed by atoms with Crippen LogP contribution in [0.2, 0.25) is 0 Å². The summed E-state index contributed by atoms with van der Waals surface area (Å²) in [7, 11) is 0. The molecule has 1 aromatic rings. The molecule has 2 amide bonds. The number of carbonyl (C=O) groups excluding carboxylic acids is 1. The van der Waals surface area contributed by atoms with E-state index in [1.807, 2.05) is 24.3 Å². The zero-order valence-corrected chi connectivity index (χ0v) is 12.2. The van der Waals surface area contributed by atoms with Crippen molar-refractivity contribution in [3.63, 3.8) is 0 Å². The molecule has 110 valence electrons. The molecule has 2 rings (SSSR count). The van der Waals surface area contributed by atoms with Gasteiger partial charge in [0, 0.05) is 11.7 Å². The molecule has 0 radical (unpaired) electrons. The fourth-order valence-electron chi connectivity index (χ4n) is 2.52.